The number of nitrogens with one attached hydrogen (secondary N) is 2. The molecule has 0 aliphatic rings. The maximum absolute atomic E-state index is 13.7. The first kappa shape index (κ1) is 26.2. The molecule has 0 saturated heterocycles. The first-order valence-electron chi connectivity index (χ1n) is 11.1. The zero-order chi connectivity index (χ0) is 25.4. The van der Waals surface area contributed by atoms with E-state index in [2.05, 4.69) is 20.6 Å². The molecule has 35 heavy (non-hydrogen) atoms. The molecule has 3 aromatic rings. The summed E-state index contributed by atoms with van der Waals surface area (Å²) in [6.45, 7) is 4.06. The van der Waals surface area contributed by atoms with Crippen LogP contribution in [0.1, 0.15) is 20.3 Å². The van der Waals surface area contributed by atoms with Gasteiger partial charge >= 0.3 is 0 Å². The van der Waals surface area contributed by atoms with Gasteiger partial charge in [-0.3, -0.25) is 9.63 Å². The van der Waals surface area contributed by atoms with E-state index < -0.39 is 6.04 Å². The number of rotatable bonds is 11. The van der Waals surface area contributed by atoms with Crippen LogP contribution in [0.15, 0.2) is 64.5 Å². The molecule has 186 valence electrons. The van der Waals surface area contributed by atoms with Crippen LogP contribution >= 0.6 is 11.8 Å². The Bertz CT molecular complexity index is 1130. The quantitative estimate of drug-likeness (QED) is 0.269. The molecule has 0 bridgehead atoms. The lowest BCUT2D eigenvalue weighted by Crippen LogP contribution is -2.41. The lowest BCUT2D eigenvalue weighted by molar-refractivity contribution is -0.169. The minimum Gasteiger partial charge on any atom is -0.497 e. The minimum atomic E-state index is -0.594. The molecule has 1 aromatic heterocycles. The lowest BCUT2D eigenvalue weighted by atomic mass is 10.0. The molecule has 0 spiro atoms. The number of halogens is 1. The average Bonchev–Trinajstić information content (AvgIpc) is 2.82. The molecule has 1 amide bonds. The number of aromatic nitrogens is 2. The van der Waals surface area contributed by atoms with E-state index in [1.807, 2.05) is 38.1 Å². The standard InChI is InChI=1S/C25H30FN5O3S/c1-16(2)13-21(24(32)31(3)34-5)28-25-29-22(27-18-8-6-7-17(26)14-18)15-23(30-25)35-20-11-9-19(33-4)10-12-20/h6-12,14-16,21H,13H2,1-5H3,(H2,27,28,29,30)/t21-/m0/s1. The van der Waals surface area contributed by atoms with Gasteiger partial charge in [0.05, 0.1) is 14.2 Å². The number of nitrogens with zero attached hydrogens (tertiary/aromatic N) is 3. The topological polar surface area (TPSA) is 88.6 Å². The SMILES string of the molecule is COc1ccc(Sc2cc(Nc3cccc(F)c3)nc(N[C@@H](CC(C)C)C(=O)N(C)OC)n2)cc1. The Balaban J connectivity index is 1.94. The predicted octanol–water partition coefficient (Wildman–Crippen LogP) is 5.37. The highest BCUT2D eigenvalue weighted by Crippen LogP contribution is 2.31. The van der Waals surface area contributed by atoms with Crippen molar-refractivity contribution in [3.05, 3.63) is 60.4 Å². The van der Waals surface area contributed by atoms with E-state index in [4.69, 9.17) is 9.57 Å². The van der Waals surface area contributed by atoms with Crippen LogP contribution in [-0.4, -0.2) is 48.2 Å². The van der Waals surface area contributed by atoms with E-state index in [1.54, 1.807) is 32.4 Å². The average molecular weight is 500 g/mol. The molecule has 2 aromatic carbocycles. The van der Waals surface area contributed by atoms with Gasteiger partial charge in [0, 0.05) is 23.7 Å². The molecular weight excluding hydrogens is 469 g/mol. The fourth-order valence-electron chi connectivity index (χ4n) is 3.24. The van der Waals surface area contributed by atoms with Gasteiger partial charge in [0.25, 0.3) is 5.91 Å². The van der Waals surface area contributed by atoms with Gasteiger partial charge < -0.3 is 15.4 Å². The second kappa shape index (κ2) is 12.4. The number of benzene rings is 2. The first-order valence-corrected chi connectivity index (χ1v) is 11.9. The number of hydrogen-bond donors (Lipinski definition) is 2. The van der Waals surface area contributed by atoms with Crippen LogP contribution in [0.3, 0.4) is 0 Å². The van der Waals surface area contributed by atoms with E-state index in [0.29, 0.717) is 23.0 Å². The number of methoxy groups -OCH3 is 1. The zero-order valence-corrected chi connectivity index (χ0v) is 21.2. The summed E-state index contributed by atoms with van der Waals surface area (Å²) in [7, 11) is 4.61. The predicted molar refractivity (Wildman–Crippen MR) is 135 cm³/mol. The Hall–Kier alpha value is -3.37. The number of ether oxygens (including phenoxy) is 1. The molecule has 0 radical (unpaired) electrons. The lowest BCUT2D eigenvalue weighted by Gasteiger charge is -2.24. The van der Waals surface area contributed by atoms with Crippen molar-refractivity contribution in [2.24, 2.45) is 5.92 Å². The molecule has 0 fully saturated rings. The van der Waals surface area contributed by atoms with Crippen LogP contribution in [0.2, 0.25) is 0 Å². The normalized spacial score (nSPS) is 11.7. The van der Waals surface area contributed by atoms with Crippen molar-refractivity contribution in [3.63, 3.8) is 0 Å². The highest BCUT2D eigenvalue weighted by Gasteiger charge is 2.25. The molecule has 1 atom stereocenters. The highest BCUT2D eigenvalue weighted by molar-refractivity contribution is 7.99. The molecule has 2 N–H and O–H groups in total. The molecule has 8 nitrogen and oxygen atoms in total. The van der Waals surface area contributed by atoms with Crippen LogP contribution < -0.4 is 15.4 Å². The van der Waals surface area contributed by atoms with Gasteiger partial charge in [-0.25, -0.2) is 14.4 Å². The van der Waals surface area contributed by atoms with Crippen molar-refractivity contribution in [2.75, 3.05) is 31.9 Å². The third-order valence-corrected chi connectivity index (χ3v) is 5.90. The first-order chi connectivity index (χ1) is 16.8. The largest absolute Gasteiger partial charge is 0.497 e. The molecule has 0 saturated carbocycles. The third kappa shape index (κ3) is 7.83. The second-order valence-electron chi connectivity index (χ2n) is 8.17. The summed E-state index contributed by atoms with van der Waals surface area (Å²) in [6, 6.07) is 14.9. The monoisotopic (exact) mass is 499 g/mol. The number of likely N-dealkylation sites (N-methyl/N-ethyl adjacent to an activating group) is 1. The van der Waals surface area contributed by atoms with Gasteiger partial charge in [0.2, 0.25) is 5.95 Å². The van der Waals surface area contributed by atoms with Crippen molar-refractivity contribution in [2.45, 2.75) is 36.2 Å². The van der Waals surface area contributed by atoms with E-state index >= 15 is 0 Å². The van der Waals surface area contributed by atoms with Crippen LogP contribution in [0.5, 0.6) is 5.75 Å². The fourth-order valence-corrected chi connectivity index (χ4v) is 4.06. The van der Waals surface area contributed by atoms with Crippen LogP contribution in [0, 0.1) is 11.7 Å². The summed E-state index contributed by atoms with van der Waals surface area (Å²) >= 11 is 1.43. The third-order valence-electron chi connectivity index (χ3n) is 4.97. The Morgan fingerprint density at radius 1 is 1.11 bits per heavy atom. The fraction of sp³-hybridized carbons (Fsp3) is 0.320. The minimum absolute atomic E-state index is 0.238. The van der Waals surface area contributed by atoms with Crippen molar-refractivity contribution < 1.29 is 18.8 Å². The van der Waals surface area contributed by atoms with E-state index in [-0.39, 0.29) is 23.6 Å². The van der Waals surface area contributed by atoms with Gasteiger partial charge in [0.1, 0.15) is 28.5 Å². The molecule has 3 rings (SSSR count). The van der Waals surface area contributed by atoms with Crippen molar-refractivity contribution >= 4 is 35.1 Å². The Morgan fingerprint density at radius 2 is 1.86 bits per heavy atom. The summed E-state index contributed by atoms with van der Waals surface area (Å²) in [5, 5.41) is 8.11. The van der Waals surface area contributed by atoms with E-state index in [1.165, 1.54) is 36.1 Å². The maximum atomic E-state index is 13.7. The number of anilines is 3. The number of hydroxylamine groups is 2. The van der Waals surface area contributed by atoms with Gasteiger partial charge in [0.15, 0.2) is 0 Å². The van der Waals surface area contributed by atoms with Crippen LogP contribution in [0.25, 0.3) is 0 Å². The summed E-state index contributed by atoms with van der Waals surface area (Å²) in [5.41, 5.74) is 0.545. The van der Waals surface area contributed by atoms with Crippen LogP contribution in [-0.2, 0) is 9.63 Å². The Labute approximate surface area is 209 Å². The van der Waals surface area contributed by atoms with Crippen molar-refractivity contribution in [1.82, 2.24) is 15.0 Å². The van der Waals surface area contributed by atoms with E-state index in [0.717, 1.165) is 10.6 Å². The second-order valence-corrected chi connectivity index (χ2v) is 9.27. The number of carbonyl (C=O) groups is 1. The summed E-state index contributed by atoms with van der Waals surface area (Å²) < 4.78 is 18.9. The molecule has 0 aliphatic heterocycles. The zero-order valence-electron chi connectivity index (χ0n) is 20.4. The van der Waals surface area contributed by atoms with E-state index in [9.17, 15) is 9.18 Å². The number of hydrogen-bond acceptors (Lipinski definition) is 8. The van der Waals surface area contributed by atoms with Gasteiger partial charge in [-0.1, -0.05) is 31.7 Å². The molecule has 10 heteroatoms. The van der Waals surface area contributed by atoms with Crippen LogP contribution in [0.4, 0.5) is 21.8 Å². The highest BCUT2D eigenvalue weighted by atomic mass is 32.2. The van der Waals surface area contributed by atoms with Gasteiger partial charge in [-0.2, -0.15) is 4.98 Å². The van der Waals surface area contributed by atoms with Gasteiger partial charge in [-0.05, 0) is 54.8 Å². The molecular formula is C25H30FN5O3S. The van der Waals surface area contributed by atoms with Crippen molar-refractivity contribution in [3.8, 4) is 5.75 Å². The Morgan fingerprint density at radius 3 is 2.49 bits per heavy atom. The summed E-state index contributed by atoms with van der Waals surface area (Å²) in [5.74, 6) is 1.12. The molecule has 0 unspecified atom stereocenters. The number of carbonyl (C=O) groups excluding carboxylic acids is 1. The van der Waals surface area contributed by atoms with Gasteiger partial charge in [-0.15, -0.1) is 0 Å². The Kier molecular flexibility index (Phi) is 9.27. The summed E-state index contributed by atoms with van der Waals surface area (Å²) in [6.07, 6.45) is 0.554. The number of amides is 1. The summed E-state index contributed by atoms with van der Waals surface area (Å²) in [4.78, 5) is 28.1. The molecule has 1 heterocycles. The van der Waals surface area contributed by atoms with Crippen molar-refractivity contribution in [1.29, 1.82) is 0 Å². The maximum Gasteiger partial charge on any atom is 0.268 e. The molecule has 0 aliphatic carbocycles. The smallest absolute Gasteiger partial charge is 0.268 e.